The number of halogens is 1. The maximum Gasteiger partial charge on any atom is 0.308 e. The topological polar surface area (TPSA) is 68.1 Å². The second-order valence-electron chi connectivity index (χ2n) is 9.08. The molecular formula is C24H29FN4O2S. The number of allylic oxidation sites excluding steroid dienone is 1. The van der Waals surface area contributed by atoms with E-state index in [1.54, 1.807) is 18.3 Å². The average molecular weight is 457 g/mol. The summed E-state index contributed by atoms with van der Waals surface area (Å²) in [6, 6.07) is 10.8. The van der Waals surface area contributed by atoms with Crippen molar-refractivity contribution in [2.24, 2.45) is 5.41 Å². The predicted molar refractivity (Wildman–Crippen MR) is 126 cm³/mol. The first-order valence-electron chi connectivity index (χ1n) is 10.3. The molecule has 32 heavy (non-hydrogen) atoms. The van der Waals surface area contributed by atoms with Gasteiger partial charge in [0.05, 0.1) is 17.6 Å². The van der Waals surface area contributed by atoms with Crippen molar-refractivity contribution in [2.45, 2.75) is 33.6 Å². The van der Waals surface area contributed by atoms with Gasteiger partial charge >= 0.3 is 10.2 Å². The second kappa shape index (κ2) is 9.34. The van der Waals surface area contributed by atoms with E-state index < -0.39 is 10.2 Å². The van der Waals surface area contributed by atoms with Crippen LogP contribution in [0.2, 0.25) is 0 Å². The summed E-state index contributed by atoms with van der Waals surface area (Å²) < 4.78 is 41.0. The van der Waals surface area contributed by atoms with Gasteiger partial charge in [-0.05, 0) is 42.0 Å². The van der Waals surface area contributed by atoms with Crippen LogP contribution < -0.4 is 0 Å². The highest BCUT2D eigenvalue weighted by atomic mass is 32.2. The van der Waals surface area contributed by atoms with Crippen molar-refractivity contribution in [3.8, 4) is 11.3 Å². The zero-order valence-electron chi connectivity index (χ0n) is 19.1. The Hall–Kier alpha value is -2.84. The molecule has 0 saturated carbocycles. The Morgan fingerprint density at radius 1 is 1.09 bits per heavy atom. The number of nitrogens with zero attached hydrogens (tertiary/aromatic N) is 4. The average Bonchev–Trinajstić information content (AvgIpc) is 3.10. The zero-order chi connectivity index (χ0) is 23.5. The van der Waals surface area contributed by atoms with Crippen LogP contribution in [-0.4, -0.2) is 40.8 Å². The molecule has 2 aromatic heterocycles. The summed E-state index contributed by atoms with van der Waals surface area (Å²) in [6.45, 7) is 6.27. The number of benzene rings is 1. The maximum absolute atomic E-state index is 13.1. The smallest absolute Gasteiger partial charge is 0.253 e. The van der Waals surface area contributed by atoms with E-state index in [0.717, 1.165) is 16.8 Å². The van der Waals surface area contributed by atoms with Crippen LogP contribution in [0.1, 0.15) is 37.9 Å². The molecule has 0 amide bonds. The number of rotatable bonds is 7. The van der Waals surface area contributed by atoms with Gasteiger partial charge in [-0.3, -0.25) is 4.98 Å². The molecule has 6 nitrogen and oxygen atoms in total. The summed E-state index contributed by atoms with van der Waals surface area (Å²) in [5, 5.41) is 0. The summed E-state index contributed by atoms with van der Waals surface area (Å²) in [5.74, 6) is 0.0147. The Labute approximate surface area is 189 Å². The molecule has 0 saturated heterocycles. The number of hydrogen-bond acceptors (Lipinski definition) is 4. The lowest BCUT2D eigenvalue weighted by atomic mass is 9.91. The van der Waals surface area contributed by atoms with E-state index in [0.29, 0.717) is 24.4 Å². The summed E-state index contributed by atoms with van der Waals surface area (Å²) in [5.41, 5.74) is 3.38. The van der Waals surface area contributed by atoms with E-state index >= 15 is 0 Å². The molecule has 8 heteroatoms. The van der Waals surface area contributed by atoms with Gasteiger partial charge in [-0.15, -0.1) is 0 Å². The van der Waals surface area contributed by atoms with Gasteiger partial charge in [0.1, 0.15) is 11.6 Å². The highest BCUT2D eigenvalue weighted by Crippen LogP contribution is 2.22. The molecule has 0 aliphatic heterocycles. The van der Waals surface area contributed by atoms with Crippen LogP contribution in [0, 0.1) is 11.2 Å². The number of pyridine rings is 1. The number of aromatic nitrogens is 3. The Balaban J connectivity index is 1.80. The molecule has 0 aliphatic carbocycles. The fourth-order valence-corrected chi connectivity index (χ4v) is 4.13. The van der Waals surface area contributed by atoms with Gasteiger partial charge in [-0.25, -0.2) is 13.3 Å². The molecular weight excluding hydrogens is 427 g/mol. The van der Waals surface area contributed by atoms with Crippen LogP contribution in [0.15, 0.2) is 54.9 Å². The molecule has 1 aromatic carbocycles. The van der Waals surface area contributed by atoms with Gasteiger partial charge in [0.15, 0.2) is 0 Å². The van der Waals surface area contributed by atoms with E-state index in [2.05, 4.69) is 30.7 Å². The molecule has 3 aromatic rings. The third-order valence-corrected chi connectivity index (χ3v) is 6.48. The van der Waals surface area contributed by atoms with E-state index in [1.165, 1.54) is 34.6 Å². The Kier molecular flexibility index (Phi) is 6.95. The minimum Gasteiger partial charge on any atom is -0.253 e. The van der Waals surface area contributed by atoms with Crippen LogP contribution in [0.25, 0.3) is 17.3 Å². The van der Waals surface area contributed by atoms with Gasteiger partial charge in [-0.1, -0.05) is 51.1 Å². The Morgan fingerprint density at radius 2 is 1.78 bits per heavy atom. The standard InChI is InChI=1S/C24H29FN4O2S/c1-24(2,3)15-21-17-29(32(30,31)28(4)5)23(27-21)8-6-7-18-9-11-19(12-10-18)22-14-13-20(25)16-26-22/h6,8-14,16-17H,7,15H2,1-5H3. The fourth-order valence-electron chi connectivity index (χ4n) is 3.19. The van der Waals surface area contributed by atoms with Crippen molar-refractivity contribution in [3.63, 3.8) is 0 Å². The van der Waals surface area contributed by atoms with Crippen molar-refractivity contribution in [3.05, 3.63) is 77.8 Å². The third kappa shape index (κ3) is 5.89. The molecule has 0 radical (unpaired) electrons. The van der Waals surface area contributed by atoms with E-state index in [9.17, 15) is 12.8 Å². The van der Waals surface area contributed by atoms with Gasteiger partial charge in [0.25, 0.3) is 0 Å². The third-order valence-electron chi connectivity index (χ3n) is 4.77. The lowest BCUT2D eigenvalue weighted by molar-refractivity contribution is 0.407. The van der Waals surface area contributed by atoms with Crippen molar-refractivity contribution in [1.82, 2.24) is 18.2 Å². The van der Waals surface area contributed by atoms with Crippen molar-refractivity contribution in [2.75, 3.05) is 14.1 Å². The molecule has 0 unspecified atom stereocenters. The van der Waals surface area contributed by atoms with Crippen molar-refractivity contribution >= 4 is 16.3 Å². The normalized spacial score (nSPS) is 12.7. The maximum atomic E-state index is 13.1. The minimum absolute atomic E-state index is 0.0107. The molecule has 0 N–H and O–H groups in total. The monoisotopic (exact) mass is 456 g/mol. The molecule has 0 bridgehead atoms. The quantitative estimate of drug-likeness (QED) is 0.522. The SMILES string of the molecule is CN(C)S(=O)(=O)n1cc(CC(C)(C)C)nc1C=CCc1ccc(-c2ccc(F)cn2)cc1. The Morgan fingerprint density at radius 3 is 2.34 bits per heavy atom. The molecule has 170 valence electrons. The highest BCUT2D eigenvalue weighted by molar-refractivity contribution is 7.87. The molecule has 3 rings (SSSR count). The predicted octanol–water partition coefficient (Wildman–Crippen LogP) is 4.58. The van der Waals surface area contributed by atoms with E-state index in [4.69, 9.17) is 0 Å². The van der Waals surface area contributed by atoms with Crippen LogP contribution in [0.4, 0.5) is 4.39 Å². The summed E-state index contributed by atoms with van der Waals surface area (Å²) in [4.78, 5) is 8.66. The summed E-state index contributed by atoms with van der Waals surface area (Å²) in [7, 11) is -0.667. The van der Waals surface area contributed by atoms with E-state index in [1.807, 2.05) is 30.3 Å². The summed E-state index contributed by atoms with van der Waals surface area (Å²) >= 11 is 0. The van der Waals surface area contributed by atoms with Gasteiger partial charge in [0.2, 0.25) is 0 Å². The van der Waals surface area contributed by atoms with Crippen LogP contribution in [-0.2, 0) is 23.1 Å². The Bertz CT molecular complexity index is 1190. The van der Waals surface area contributed by atoms with Gasteiger partial charge in [-0.2, -0.15) is 12.7 Å². The lowest BCUT2D eigenvalue weighted by Gasteiger charge is -2.15. The minimum atomic E-state index is -3.67. The van der Waals surface area contributed by atoms with Crippen molar-refractivity contribution in [1.29, 1.82) is 0 Å². The summed E-state index contributed by atoms with van der Waals surface area (Å²) in [6.07, 6.45) is 7.72. The van der Waals surface area contributed by atoms with Crippen LogP contribution >= 0.6 is 0 Å². The molecule has 0 fully saturated rings. The second-order valence-corrected chi connectivity index (χ2v) is 11.1. The highest BCUT2D eigenvalue weighted by Gasteiger charge is 2.22. The molecule has 0 atom stereocenters. The first kappa shape index (κ1) is 23.8. The zero-order valence-corrected chi connectivity index (χ0v) is 19.9. The number of hydrogen-bond donors (Lipinski definition) is 0. The molecule has 0 aliphatic rings. The largest absolute Gasteiger partial charge is 0.308 e. The van der Waals surface area contributed by atoms with Crippen molar-refractivity contribution < 1.29 is 12.8 Å². The van der Waals surface area contributed by atoms with Crippen LogP contribution in [0.3, 0.4) is 0 Å². The van der Waals surface area contributed by atoms with Gasteiger partial charge in [0, 0.05) is 25.9 Å². The first-order valence-corrected chi connectivity index (χ1v) is 11.7. The lowest BCUT2D eigenvalue weighted by Crippen LogP contribution is -2.29. The molecule has 2 heterocycles. The molecule has 0 spiro atoms. The van der Waals surface area contributed by atoms with Crippen LogP contribution in [0.5, 0.6) is 0 Å². The van der Waals surface area contributed by atoms with Gasteiger partial charge < -0.3 is 0 Å². The number of imidazole rings is 1. The van der Waals surface area contributed by atoms with E-state index in [-0.39, 0.29) is 11.2 Å². The fraction of sp³-hybridized carbons (Fsp3) is 0.333. The first-order chi connectivity index (χ1) is 15.0.